The van der Waals surface area contributed by atoms with Crippen LogP contribution in [0.3, 0.4) is 0 Å². The number of hydrogen-bond acceptors (Lipinski definition) is 5. The topological polar surface area (TPSA) is 52.7 Å². The molecule has 2 aliphatic heterocycles. The van der Waals surface area contributed by atoms with Crippen molar-refractivity contribution in [1.29, 1.82) is 0 Å². The minimum atomic E-state index is -3.47. The number of likely N-dealkylation sites (N-methyl/N-ethyl adjacent to an activating group) is 1. The lowest BCUT2D eigenvalue weighted by molar-refractivity contribution is 0.156. The van der Waals surface area contributed by atoms with Gasteiger partial charge in [-0.05, 0) is 61.5 Å². The van der Waals surface area contributed by atoms with Gasteiger partial charge in [-0.2, -0.15) is 0 Å². The summed E-state index contributed by atoms with van der Waals surface area (Å²) in [6.45, 7) is 5.46. The molecule has 154 valence electrons. The Labute approximate surface area is 177 Å². The highest BCUT2D eigenvalue weighted by atomic mass is 32.2. The zero-order valence-corrected chi connectivity index (χ0v) is 18.5. The van der Waals surface area contributed by atoms with Gasteiger partial charge >= 0.3 is 0 Å². The van der Waals surface area contributed by atoms with E-state index in [9.17, 15) is 8.42 Å². The third kappa shape index (κ3) is 4.44. The maximum atomic E-state index is 12.3. The Bertz CT molecular complexity index is 1030. The summed E-state index contributed by atoms with van der Waals surface area (Å²) in [7, 11) is 0.146. The molecule has 2 aromatic carbocycles. The Hall–Kier alpha value is -1.64. The van der Waals surface area contributed by atoms with E-state index in [-0.39, 0.29) is 0 Å². The van der Waals surface area contributed by atoms with Crippen LogP contribution in [0.1, 0.15) is 17.5 Å². The van der Waals surface area contributed by atoms with E-state index in [4.69, 9.17) is 0 Å². The van der Waals surface area contributed by atoms with Crippen molar-refractivity contribution in [3.05, 3.63) is 59.7 Å². The molecule has 4 rings (SSSR count). The molecule has 0 atom stereocenters. The van der Waals surface area contributed by atoms with Crippen LogP contribution in [0.15, 0.2) is 63.2 Å². The van der Waals surface area contributed by atoms with Crippen molar-refractivity contribution >= 4 is 27.4 Å². The van der Waals surface area contributed by atoms with E-state index < -0.39 is 10.0 Å². The first-order valence-electron chi connectivity index (χ1n) is 9.94. The molecule has 2 aromatic rings. The number of fused-ring (bicyclic) bond motifs is 2. The first-order valence-corrected chi connectivity index (χ1v) is 12.2. The zero-order valence-electron chi connectivity index (χ0n) is 16.9. The van der Waals surface area contributed by atoms with Crippen molar-refractivity contribution in [1.82, 2.24) is 14.5 Å². The number of nitrogens with zero attached hydrogens (tertiary/aromatic N) is 2. The lowest BCUT2D eigenvalue weighted by Gasteiger charge is -2.32. The van der Waals surface area contributed by atoms with E-state index >= 15 is 0 Å². The largest absolute Gasteiger partial charge is 0.304 e. The van der Waals surface area contributed by atoms with Gasteiger partial charge in [0.1, 0.15) is 0 Å². The van der Waals surface area contributed by atoms with Crippen molar-refractivity contribution in [2.45, 2.75) is 21.1 Å². The van der Waals surface area contributed by atoms with Crippen molar-refractivity contribution in [2.75, 3.05) is 46.8 Å². The molecule has 1 saturated heterocycles. The standard InChI is InChI=1S/C22H27N3O2S2/c1-23-29(26,27)17-9-10-22-20(16-17)18(19-6-3-4-8-21(19)28-22)7-5-11-25-14-12-24(2)13-15-25/h3-4,6-10,16,23H,5,11-15H2,1-2H3/b18-7-. The molecule has 0 aromatic heterocycles. The molecule has 1 fully saturated rings. The van der Waals surface area contributed by atoms with Crippen molar-refractivity contribution in [2.24, 2.45) is 0 Å². The molecule has 7 heteroatoms. The number of hydrogen-bond donors (Lipinski definition) is 1. The summed E-state index contributed by atoms with van der Waals surface area (Å²) in [6.07, 6.45) is 3.23. The second-order valence-corrected chi connectivity index (χ2v) is 10.5. The average Bonchev–Trinajstić information content (AvgIpc) is 2.74. The SMILES string of the molecule is CNS(=O)(=O)c1ccc2c(c1)/C(=C\CCN1CCN(C)CC1)c1ccccc1S2. The summed E-state index contributed by atoms with van der Waals surface area (Å²) in [4.78, 5) is 7.50. The minimum Gasteiger partial charge on any atom is -0.304 e. The number of benzene rings is 2. The smallest absolute Gasteiger partial charge is 0.240 e. The summed E-state index contributed by atoms with van der Waals surface area (Å²) in [5.41, 5.74) is 3.32. The fraction of sp³-hybridized carbons (Fsp3) is 0.364. The van der Waals surface area contributed by atoms with E-state index in [0.717, 1.165) is 55.2 Å². The summed E-state index contributed by atoms with van der Waals surface area (Å²) < 4.78 is 27.1. The van der Waals surface area contributed by atoms with Crippen LogP contribution in [0.4, 0.5) is 0 Å². The molecular weight excluding hydrogens is 402 g/mol. The summed E-state index contributed by atoms with van der Waals surface area (Å²) >= 11 is 1.70. The van der Waals surface area contributed by atoms with Crippen molar-refractivity contribution in [3.8, 4) is 0 Å². The molecule has 0 bridgehead atoms. The Morgan fingerprint density at radius 2 is 1.76 bits per heavy atom. The minimum absolute atomic E-state index is 0.309. The molecule has 2 aliphatic rings. The van der Waals surface area contributed by atoms with Crippen molar-refractivity contribution in [3.63, 3.8) is 0 Å². The van der Waals surface area contributed by atoms with Crippen LogP contribution in [-0.2, 0) is 10.0 Å². The highest BCUT2D eigenvalue weighted by Crippen LogP contribution is 2.46. The lowest BCUT2D eigenvalue weighted by atomic mass is 9.96. The number of piperazine rings is 1. The normalized spacial score (nSPS) is 19.2. The molecule has 0 saturated carbocycles. The Morgan fingerprint density at radius 1 is 1.03 bits per heavy atom. The number of sulfonamides is 1. The van der Waals surface area contributed by atoms with Crippen LogP contribution in [0.5, 0.6) is 0 Å². The fourth-order valence-corrected chi connectivity index (χ4v) is 5.66. The monoisotopic (exact) mass is 429 g/mol. The van der Waals surface area contributed by atoms with Crippen LogP contribution < -0.4 is 4.72 Å². The van der Waals surface area contributed by atoms with Gasteiger partial charge in [0.25, 0.3) is 0 Å². The second kappa shape index (κ2) is 8.62. The van der Waals surface area contributed by atoms with Gasteiger partial charge in [-0.25, -0.2) is 13.1 Å². The van der Waals surface area contributed by atoms with E-state index in [0.29, 0.717) is 4.90 Å². The van der Waals surface area contributed by atoms with Crippen LogP contribution in [0.25, 0.3) is 5.57 Å². The predicted molar refractivity (Wildman–Crippen MR) is 119 cm³/mol. The van der Waals surface area contributed by atoms with Crippen molar-refractivity contribution < 1.29 is 8.42 Å². The molecule has 29 heavy (non-hydrogen) atoms. The predicted octanol–water partition coefficient (Wildman–Crippen LogP) is 3.13. The molecule has 0 spiro atoms. The Kier molecular flexibility index (Phi) is 6.13. The van der Waals surface area contributed by atoms with E-state index in [1.807, 2.05) is 18.2 Å². The van der Waals surface area contributed by atoms with Crippen LogP contribution >= 0.6 is 11.8 Å². The molecule has 0 aliphatic carbocycles. The second-order valence-electron chi connectivity index (χ2n) is 7.52. The molecule has 0 radical (unpaired) electrons. The van der Waals surface area contributed by atoms with Crippen LogP contribution in [0, 0.1) is 0 Å². The molecule has 2 heterocycles. The maximum absolute atomic E-state index is 12.3. The Balaban J connectivity index is 1.66. The van der Waals surface area contributed by atoms with Gasteiger partial charge in [0.05, 0.1) is 4.90 Å². The first-order chi connectivity index (χ1) is 14.0. The third-order valence-electron chi connectivity index (χ3n) is 5.61. The van der Waals surface area contributed by atoms with Gasteiger partial charge in [-0.15, -0.1) is 0 Å². The van der Waals surface area contributed by atoms with E-state index in [2.05, 4.69) is 45.8 Å². The van der Waals surface area contributed by atoms with Gasteiger partial charge in [-0.1, -0.05) is 36.0 Å². The van der Waals surface area contributed by atoms with E-state index in [1.165, 1.54) is 17.5 Å². The number of rotatable bonds is 5. The van der Waals surface area contributed by atoms with Gasteiger partial charge in [0.15, 0.2) is 0 Å². The zero-order chi connectivity index (χ0) is 20.4. The van der Waals surface area contributed by atoms with Gasteiger partial charge in [-0.3, -0.25) is 0 Å². The van der Waals surface area contributed by atoms with Crippen LogP contribution in [-0.4, -0.2) is 65.0 Å². The summed E-state index contributed by atoms with van der Waals surface area (Å²) in [5.74, 6) is 0. The number of nitrogens with one attached hydrogen (secondary N) is 1. The highest BCUT2D eigenvalue weighted by molar-refractivity contribution is 7.99. The molecule has 5 nitrogen and oxygen atoms in total. The highest BCUT2D eigenvalue weighted by Gasteiger charge is 2.23. The molecular formula is C22H27N3O2S2. The summed E-state index contributed by atoms with van der Waals surface area (Å²) in [5, 5.41) is 0. The quantitative estimate of drug-likeness (QED) is 0.675. The van der Waals surface area contributed by atoms with Gasteiger partial charge in [0.2, 0.25) is 10.0 Å². The lowest BCUT2D eigenvalue weighted by Crippen LogP contribution is -2.44. The Morgan fingerprint density at radius 3 is 2.52 bits per heavy atom. The van der Waals surface area contributed by atoms with Gasteiger partial charge < -0.3 is 9.80 Å². The average molecular weight is 430 g/mol. The molecule has 0 unspecified atom stereocenters. The summed E-state index contributed by atoms with van der Waals surface area (Å²) in [6, 6.07) is 13.8. The maximum Gasteiger partial charge on any atom is 0.240 e. The third-order valence-corrected chi connectivity index (χ3v) is 8.17. The molecule has 0 amide bonds. The molecule has 1 N–H and O–H groups in total. The fourth-order valence-electron chi connectivity index (χ4n) is 3.82. The van der Waals surface area contributed by atoms with E-state index in [1.54, 1.807) is 17.8 Å². The van der Waals surface area contributed by atoms with Crippen LogP contribution in [0.2, 0.25) is 0 Å². The van der Waals surface area contributed by atoms with Gasteiger partial charge in [0, 0.05) is 42.5 Å². The first kappa shape index (κ1) is 20.6.